The average Bonchev–Trinajstić information content (AvgIpc) is 3.58. The predicted molar refractivity (Wildman–Crippen MR) is 134 cm³/mol. The van der Waals surface area contributed by atoms with Gasteiger partial charge in [0.15, 0.2) is 22.7 Å². The molecular formula is C20H17Br2ClN12. The molecule has 35 heavy (non-hydrogen) atoms. The highest BCUT2D eigenvalue weighted by Crippen LogP contribution is 2.43. The van der Waals surface area contributed by atoms with Crippen LogP contribution < -0.4 is 10.6 Å². The number of rotatable bonds is 2. The van der Waals surface area contributed by atoms with Gasteiger partial charge in [-0.1, -0.05) is 0 Å². The zero-order valence-corrected chi connectivity index (χ0v) is 22.0. The van der Waals surface area contributed by atoms with Crippen molar-refractivity contribution in [2.24, 2.45) is 11.7 Å². The number of anilines is 1. The maximum Gasteiger partial charge on any atom is 0.228 e. The van der Waals surface area contributed by atoms with E-state index in [1.165, 1.54) is 12.8 Å². The zero-order chi connectivity index (χ0) is 24.7. The Kier molecular flexibility index (Phi) is 6.31. The molecule has 12 nitrogen and oxygen atoms in total. The van der Waals surface area contributed by atoms with Crippen molar-refractivity contribution in [3.63, 3.8) is 0 Å². The van der Waals surface area contributed by atoms with E-state index in [0.717, 1.165) is 25.9 Å². The lowest BCUT2D eigenvalue weighted by atomic mass is 9.84. The molecule has 5 heterocycles. The number of fused-ring (bicyclic) bond motifs is 2. The fourth-order valence-corrected chi connectivity index (χ4v) is 5.31. The van der Waals surface area contributed by atoms with Crippen LogP contribution in [0.3, 0.4) is 0 Å². The number of aromatic nitrogens is 8. The molecular weight excluding hydrogens is 604 g/mol. The Morgan fingerprint density at radius 2 is 1.46 bits per heavy atom. The Hall–Kier alpha value is -2.91. The van der Waals surface area contributed by atoms with Gasteiger partial charge < -0.3 is 10.6 Å². The van der Waals surface area contributed by atoms with Crippen molar-refractivity contribution < 1.29 is 0 Å². The normalized spacial score (nSPS) is 17.0. The van der Waals surface area contributed by atoms with Gasteiger partial charge in [-0.15, -0.1) is 0 Å². The number of nitrogens with zero attached hydrogens (tertiary/aromatic N) is 9. The van der Waals surface area contributed by atoms with E-state index in [1.807, 2.05) is 6.07 Å². The van der Waals surface area contributed by atoms with Crippen LogP contribution in [0.2, 0.25) is 5.28 Å². The largest absolute Gasteiger partial charge is 0.341 e. The number of piperidine rings is 1. The highest BCUT2D eigenvalue weighted by molar-refractivity contribution is 9.10. The summed E-state index contributed by atoms with van der Waals surface area (Å²) in [5.41, 5.74) is 7.93. The third-order valence-electron chi connectivity index (χ3n) is 6.28. The van der Waals surface area contributed by atoms with Crippen molar-refractivity contribution in [3.05, 3.63) is 25.9 Å². The lowest BCUT2D eigenvalue weighted by molar-refractivity contribution is 0.292. The number of hydrogen-bond acceptors (Lipinski definition) is 10. The molecule has 1 saturated heterocycles. The molecule has 6 rings (SSSR count). The molecule has 2 fully saturated rings. The van der Waals surface area contributed by atoms with Gasteiger partial charge >= 0.3 is 0 Å². The first-order chi connectivity index (χ1) is 16.8. The summed E-state index contributed by atoms with van der Waals surface area (Å²) >= 11 is 12.1. The minimum absolute atomic E-state index is 0.0167. The Morgan fingerprint density at radius 1 is 0.914 bits per heavy atom. The molecule has 0 aromatic carbocycles. The Morgan fingerprint density at radius 3 is 2.00 bits per heavy atom. The predicted octanol–water partition coefficient (Wildman–Crippen LogP) is 3.34. The second-order valence-corrected chi connectivity index (χ2v) is 10.3. The molecule has 0 unspecified atom stereocenters. The standard InChI is InChI=1S/C14H16BrN7.C6HBrClN5/c15-11-10-9(7-16)18-13(19-12(10)21-20-11)22-5-3-14(17,4-6-22)8-1-2-8;7-4-3-2(1-9)10-6(8)11-5(3)13-12-4/h8H,1-6,17H2,(H,18,19,20,21);(H,10,11,12,13). The lowest BCUT2D eigenvalue weighted by Gasteiger charge is -2.39. The van der Waals surface area contributed by atoms with E-state index in [9.17, 15) is 5.26 Å². The number of H-pyrrole nitrogens is 2. The molecule has 15 heteroatoms. The molecule has 1 saturated carbocycles. The van der Waals surface area contributed by atoms with Gasteiger partial charge in [-0.05, 0) is 75.1 Å². The van der Waals surface area contributed by atoms with Gasteiger partial charge in [0.2, 0.25) is 11.2 Å². The molecule has 1 aliphatic carbocycles. The van der Waals surface area contributed by atoms with Crippen LogP contribution >= 0.6 is 43.5 Å². The zero-order valence-electron chi connectivity index (χ0n) is 18.1. The van der Waals surface area contributed by atoms with E-state index in [1.54, 1.807) is 0 Å². The van der Waals surface area contributed by atoms with E-state index in [0.29, 0.717) is 48.8 Å². The van der Waals surface area contributed by atoms with Gasteiger partial charge in [0.25, 0.3) is 0 Å². The van der Waals surface area contributed by atoms with Crippen molar-refractivity contribution in [3.8, 4) is 12.1 Å². The monoisotopic (exact) mass is 618 g/mol. The number of nitrogens with two attached hydrogens (primary N) is 1. The van der Waals surface area contributed by atoms with E-state index >= 15 is 0 Å². The lowest BCUT2D eigenvalue weighted by Crippen LogP contribution is -2.52. The highest BCUT2D eigenvalue weighted by Gasteiger charge is 2.44. The molecule has 0 radical (unpaired) electrons. The van der Waals surface area contributed by atoms with Gasteiger partial charge in [-0.25, -0.2) is 9.97 Å². The summed E-state index contributed by atoms with van der Waals surface area (Å²) in [5.74, 6) is 1.26. The van der Waals surface area contributed by atoms with Crippen LogP contribution in [0.4, 0.5) is 5.95 Å². The third-order valence-corrected chi connectivity index (χ3v) is 7.60. The molecule has 0 bridgehead atoms. The summed E-state index contributed by atoms with van der Waals surface area (Å²) in [6, 6.07) is 4.04. The van der Waals surface area contributed by atoms with Gasteiger partial charge in [0.1, 0.15) is 21.3 Å². The molecule has 178 valence electrons. The van der Waals surface area contributed by atoms with Gasteiger partial charge in [-0.3, -0.25) is 10.2 Å². The van der Waals surface area contributed by atoms with Crippen LogP contribution in [0.25, 0.3) is 22.1 Å². The number of hydrogen-bond donors (Lipinski definition) is 3. The molecule has 4 aromatic heterocycles. The summed E-state index contributed by atoms with van der Waals surface area (Å²) in [6.07, 6.45) is 4.42. The molecule has 0 amide bonds. The highest BCUT2D eigenvalue weighted by atomic mass is 79.9. The Bertz CT molecular complexity index is 1500. The van der Waals surface area contributed by atoms with Crippen LogP contribution in [0.15, 0.2) is 9.21 Å². The summed E-state index contributed by atoms with van der Waals surface area (Å²) in [6.45, 7) is 1.66. The second kappa shape index (κ2) is 9.28. The van der Waals surface area contributed by atoms with Crippen molar-refractivity contribution in [2.45, 2.75) is 31.2 Å². The van der Waals surface area contributed by atoms with Crippen molar-refractivity contribution in [2.75, 3.05) is 18.0 Å². The summed E-state index contributed by atoms with van der Waals surface area (Å²) in [4.78, 5) is 18.6. The average molecular weight is 621 g/mol. The van der Waals surface area contributed by atoms with Gasteiger partial charge in [0, 0.05) is 18.6 Å². The van der Waals surface area contributed by atoms with Crippen molar-refractivity contribution >= 4 is 71.5 Å². The molecule has 0 spiro atoms. The molecule has 2 aliphatic rings. The van der Waals surface area contributed by atoms with Crippen LogP contribution in [-0.2, 0) is 0 Å². The fraction of sp³-hybridized carbons (Fsp3) is 0.400. The number of halogens is 3. The molecule has 0 atom stereocenters. The summed E-state index contributed by atoms with van der Waals surface area (Å²) in [7, 11) is 0. The Labute approximate surface area is 220 Å². The quantitative estimate of drug-likeness (QED) is 0.281. The SMILES string of the molecule is N#Cc1nc(Cl)nc2n[nH]c(Br)c12.N#Cc1nc(N2CCC(N)(C3CC3)CC2)nc2n[nH]c(Br)c12. The first kappa shape index (κ1) is 23.8. The topological polar surface area (TPSA) is 186 Å². The van der Waals surface area contributed by atoms with Crippen LogP contribution in [0.5, 0.6) is 0 Å². The minimum atomic E-state index is -0.0198. The van der Waals surface area contributed by atoms with Crippen molar-refractivity contribution in [1.82, 2.24) is 40.3 Å². The smallest absolute Gasteiger partial charge is 0.228 e. The molecule has 1 aliphatic heterocycles. The van der Waals surface area contributed by atoms with E-state index in [4.69, 9.17) is 22.6 Å². The Balaban J connectivity index is 0.000000166. The number of aromatic amines is 2. The first-order valence-corrected chi connectivity index (χ1v) is 12.6. The maximum atomic E-state index is 9.32. The van der Waals surface area contributed by atoms with Crippen molar-refractivity contribution in [1.29, 1.82) is 10.5 Å². The second-order valence-electron chi connectivity index (χ2n) is 8.40. The van der Waals surface area contributed by atoms with E-state index < -0.39 is 0 Å². The number of nitrogens with one attached hydrogen (secondary N) is 2. The van der Waals surface area contributed by atoms with Gasteiger partial charge in [-0.2, -0.15) is 30.7 Å². The minimum Gasteiger partial charge on any atom is -0.341 e. The molecule has 4 aromatic rings. The maximum absolute atomic E-state index is 9.32. The van der Waals surface area contributed by atoms with Crippen LogP contribution in [0, 0.1) is 28.6 Å². The van der Waals surface area contributed by atoms with E-state index in [-0.39, 0.29) is 16.5 Å². The summed E-state index contributed by atoms with van der Waals surface area (Å²) in [5, 5.41) is 32.6. The first-order valence-electron chi connectivity index (χ1n) is 10.7. The summed E-state index contributed by atoms with van der Waals surface area (Å²) < 4.78 is 1.22. The van der Waals surface area contributed by atoms with E-state index in [2.05, 4.69) is 83.2 Å². The van der Waals surface area contributed by atoms with Crippen LogP contribution in [-0.4, -0.2) is 59.0 Å². The molecule has 4 N–H and O–H groups in total. The van der Waals surface area contributed by atoms with Gasteiger partial charge in [0.05, 0.1) is 10.8 Å². The number of nitriles is 2. The van der Waals surface area contributed by atoms with Crippen LogP contribution in [0.1, 0.15) is 37.1 Å². The fourth-order valence-electron chi connectivity index (χ4n) is 4.23. The third kappa shape index (κ3) is 4.54.